The lowest BCUT2D eigenvalue weighted by Crippen LogP contribution is -2.44. The monoisotopic (exact) mass is 226 g/mol. The molecule has 4 heteroatoms. The minimum atomic E-state index is 0.0750. The van der Waals surface area contributed by atoms with Crippen LogP contribution in [-0.2, 0) is 9.59 Å². The largest absolute Gasteiger partial charge is 0.355 e. The summed E-state index contributed by atoms with van der Waals surface area (Å²) < 4.78 is 0. The predicted octanol–water partition coefficient (Wildman–Crippen LogP) is 0.814. The Morgan fingerprint density at radius 1 is 1.44 bits per heavy atom. The molecule has 16 heavy (non-hydrogen) atoms. The number of carbonyl (C=O) groups is 2. The van der Waals surface area contributed by atoms with Gasteiger partial charge >= 0.3 is 0 Å². The lowest BCUT2D eigenvalue weighted by atomic mass is 9.95. The molecule has 1 rings (SSSR count). The van der Waals surface area contributed by atoms with Gasteiger partial charge < -0.3 is 5.32 Å². The number of piperidine rings is 1. The summed E-state index contributed by atoms with van der Waals surface area (Å²) in [5.41, 5.74) is 0. The minimum Gasteiger partial charge on any atom is -0.355 e. The highest BCUT2D eigenvalue weighted by molar-refractivity contribution is 5.79. The molecule has 1 atom stereocenters. The third kappa shape index (κ3) is 4.31. The molecule has 0 aromatic heterocycles. The highest BCUT2D eigenvalue weighted by Crippen LogP contribution is 2.16. The van der Waals surface area contributed by atoms with Gasteiger partial charge in [0.1, 0.15) is 5.78 Å². The maximum atomic E-state index is 11.5. The smallest absolute Gasteiger partial charge is 0.234 e. The van der Waals surface area contributed by atoms with Gasteiger partial charge in [0.25, 0.3) is 0 Å². The van der Waals surface area contributed by atoms with E-state index in [2.05, 4.69) is 10.2 Å². The fourth-order valence-electron chi connectivity index (χ4n) is 2.05. The molecule has 0 spiro atoms. The van der Waals surface area contributed by atoms with E-state index in [0.29, 0.717) is 6.54 Å². The number of carbonyl (C=O) groups excluding carboxylic acids is 2. The van der Waals surface area contributed by atoms with Crippen LogP contribution in [0.1, 0.15) is 33.1 Å². The molecule has 1 saturated heterocycles. The van der Waals surface area contributed by atoms with Gasteiger partial charge in [-0.05, 0) is 32.7 Å². The molecule has 0 aromatic carbocycles. The van der Waals surface area contributed by atoms with Gasteiger partial charge in [0.05, 0.1) is 6.54 Å². The Morgan fingerprint density at radius 3 is 2.81 bits per heavy atom. The summed E-state index contributed by atoms with van der Waals surface area (Å²) in [7, 11) is 0. The summed E-state index contributed by atoms with van der Waals surface area (Å²) in [4.78, 5) is 24.9. The average Bonchev–Trinajstić information content (AvgIpc) is 2.26. The van der Waals surface area contributed by atoms with Gasteiger partial charge in [-0.15, -0.1) is 0 Å². The Balaban J connectivity index is 2.31. The van der Waals surface area contributed by atoms with E-state index in [-0.39, 0.29) is 17.6 Å². The standard InChI is InChI=1S/C12H22N2O2/c1-3-6-13-12(16)9-14-7-4-5-11(8-14)10(2)15/h11H,3-9H2,1-2H3,(H,13,16). The van der Waals surface area contributed by atoms with Gasteiger partial charge in [-0.25, -0.2) is 0 Å². The molecule has 1 aliphatic heterocycles. The summed E-state index contributed by atoms with van der Waals surface area (Å²) in [6.07, 6.45) is 2.95. The molecule has 0 aromatic rings. The van der Waals surface area contributed by atoms with E-state index in [1.54, 1.807) is 6.92 Å². The third-order valence-electron chi connectivity index (χ3n) is 3.02. The quantitative estimate of drug-likeness (QED) is 0.755. The normalized spacial score (nSPS) is 21.8. The molecule has 1 heterocycles. The lowest BCUT2D eigenvalue weighted by molar-refractivity contribution is -0.126. The van der Waals surface area contributed by atoms with Crippen molar-refractivity contribution < 1.29 is 9.59 Å². The van der Waals surface area contributed by atoms with E-state index in [4.69, 9.17) is 0 Å². The highest BCUT2D eigenvalue weighted by atomic mass is 16.2. The van der Waals surface area contributed by atoms with Crippen LogP contribution in [0.4, 0.5) is 0 Å². The first-order valence-corrected chi connectivity index (χ1v) is 6.13. The van der Waals surface area contributed by atoms with E-state index < -0.39 is 0 Å². The minimum absolute atomic E-state index is 0.0750. The van der Waals surface area contributed by atoms with Crippen LogP contribution in [0, 0.1) is 5.92 Å². The van der Waals surface area contributed by atoms with Gasteiger partial charge in [-0.3, -0.25) is 14.5 Å². The maximum absolute atomic E-state index is 11.5. The molecule has 1 N–H and O–H groups in total. The van der Waals surface area contributed by atoms with Crippen molar-refractivity contribution in [3.05, 3.63) is 0 Å². The van der Waals surface area contributed by atoms with Gasteiger partial charge in [-0.1, -0.05) is 6.92 Å². The zero-order chi connectivity index (χ0) is 12.0. The van der Waals surface area contributed by atoms with Crippen molar-refractivity contribution in [3.8, 4) is 0 Å². The Labute approximate surface area is 97.4 Å². The molecule has 0 radical (unpaired) electrons. The van der Waals surface area contributed by atoms with Crippen LogP contribution >= 0.6 is 0 Å². The third-order valence-corrected chi connectivity index (χ3v) is 3.02. The SMILES string of the molecule is CCCNC(=O)CN1CCCC(C(C)=O)C1. The molecule has 0 aliphatic carbocycles. The van der Waals surface area contributed by atoms with E-state index in [1.807, 2.05) is 6.92 Å². The average molecular weight is 226 g/mol. The van der Waals surface area contributed by atoms with Crippen LogP contribution < -0.4 is 5.32 Å². The Bertz CT molecular complexity index is 253. The number of amides is 1. The highest BCUT2D eigenvalue weighted by Gasteiger charge is 2.24. The number of nitrogens with one attached hydrogen (secondary N) is 1. The number of hydrogen-bond acceptors (Lipinski definition) is 3. The molecule has 0 bridgehead atoms. The molecular weight excluding hydrogens is 204 g/mol. The molecule has 1 fully saturated rings. The molecular formula is C12H22N2O2. The van der Waals surface area contributed by atoms with Crippen molar-refractivity contribution >= 4 is 11.7 Å². The zero-order valence-electron chi connectivity index (χ0n) is 10.3. The van der Waals surface area contributed by atoms with Gasteiger partial charge in [-0.2, -0.15) is 0 Å². The van der Waals surface area contributed by atoms with Crippen molar-refractivity contribution in [2.24, 2.45) is 5.92 Å². The number of ketones is 1. The van der Waals surface area contributed by atoms with Gasteiger partial charge in [0.15, 0.2) is 0 Å². The lowest BCUT2D eigenvalue weighted by Gasteiger charge is -2.30. The van der Waals surface area contributed by atoms with Crippen LogP contribution in [0.5, 0.6) is 0 Å². The molecule has 1 aliphatic rings. The maximum Gasteiger partial charge on any atom is 0.234 e. The second kappa shape index (κ2) is 6.63. The van der Waals surface area contributed by atoms with E-state index >= 15 is 0 Å². The van der Waals surface area contributed by atoms with Crippen LogP contribution in [0.15, 0.2) is 0 Å². The second-order valence-electron chi connectivity index (χ2n) is 4.53. The number of Topliss-reactive ketones (excluding diaryl/α,β-unsaturated/α-hetero) is 1. The van der Waals surface area contributed by atoms with Crippen LogP contribution in [-0.4, -0.2) is 42.8 Å². The van der Waals surface area contributed by atoms with E-state index in [0.717, 1.165) is 38.9 Å². The summed E-state index contributed by atoms with van der Waals surface area (Å²) in [6.45, 7) is 6.53. The number of rotatable bonds is 5. The fourth-order valence-corrected chi connectivity index (χ4v) is 2.05. The second-order valence-corrected chi connectivity index (χ2v) is 4.53. The fraction of sp³-hybridized carbons (Fsp3) is 0.833. The van der Waals surface area contributed by atoms with Gasteiger partial charge in [0, 0.05) is 19.0 Å². The predicted molar refractivity (Wildman–Crippen MR) is 63.1 cm³/mol. The van der Waals surface area contributed by atoms with Crippen molar-refractivity contribution in [3.63, 3.8) is 0 Å². The zero-order valence-corrected chi connectivity index (χ0v) is 10.3. The topological polar surface area (TPSA) is 49.4 Å². The number of likely N-dealkylation sites (tertiary alicyclic amines) is 1. The molecule has 92 valence electrons. The van der Waals surface area contributed by atoms with Crippen LogP contribution in [0.2, 0.25) is 0 Å². The Kier molecular flexibility index (Phi) is 5.46. The van der Waals surface area contributed by atoms with Crippen molar-refractivity contribution in [2.75, 3.05) is 26.2 Å². The Hall–Kier alpha value is -0.900. The molecule has 4 nitrogen and oxygen atoms in total. The van der Waals surface area contributed by atoms with Gasteiger partial charge in [0.2, 0.25) is 5.91 Å². The van der Waals surface area contributed by atoms with Crippen molar-refractivity contribution in [2.45, 2.75) is 33.1 Å². The first kappa shape index (κ1) is 13.2. The summed E-state index contributed by atoms with van der Waals surface area (Å²) in [5, 5.41) is 2.86. The summed E-state index contributed by atoms with van der Waals surface area (Å²) in [6, 6.07) is 0. The molecule has 0 saturated carbocycles. The van der Waals surface area contributed by atoms with Crippen LogP contribution in [0.25, 0.3) is 0 Å². The number of hydrogen-bond donors (Lipinski definition) is 1. The first-order valence-electron chi connectivity index (χ1n) is 6.13. The summed E-state index contributed by atoms with van der Waals surface area (Å²) >= 11 is 0. The van der Waals surface area contributed by atoms with Crippen molar-refractivity contribution in [1.82, 2.24) is 10.2 Å². The summed E-state index contributed by atoms with van der Waals surface area (Å²) in [5.74, 6) is 0.456. The van der Waals surface area contributed by atoms with Crippen LogP contribution in [0.3, 0.4) is 0 Å². The first-order chi connectivity index (χ1) is 7.63. The molecule has 1 unspecified atom stereocenters. The Morgan fingerprint density at radius 2 is 2.19 bits per heavy atom. The number of nitrogens with zero attached hydrogens (tertiary/aromatic N) is 1. The van der Waals surface area contributed by atoms with E-state index in [9.17, 15) is 9.59 Å². The van der Waals surface area contributed by atoms with Crippen molar-refractivity contribution in [1.29, 1.82) is 0 Å². The molecule has 1 amide bonds. The van der Waals surface area contributed by atoms with E-state index in [1.165, 1.54) is 0 Å².